The quantitative estimate of drug-likeness (QED) is 0.515. The summed E-state index contributed by atoms with van der Waals surface area (Å²) in [6.45, 7) is 4.62. The summed E-state index contributed by atoms with van der Waals surface area (Å²) in [5.74, 6) is 0.248. The Kier molecular flexibility index (Phi) is 7.68. The van der Waals surface area contributed by atoms with Crippen LogP contribution in [0.15, 0.2) is 60.8 Å². The summed E-state index contributed by atoms with van der Waals surface area (Å²) in [6.07, 6.45) is 3.83. The maximum Gasteiger partial charge on any atom is 0.255 e. The highest BCUT2D eigenvalue weighted by atomic mass is 19.1. The lowest BCUT2D eigenvalue weighted by atomic mass is 9.96. The third-order valence-corrected chi connectivity index (χ3v) is 6.38. The molecule has 1 saturated heterocycles. The summed E-state index contributed by atoms with van der Waals surface area (Å²) in [5, 5.41) is 0.977. The Bertz CT molecular complexity index is 1090. The maximum atomic E-state index is 14.1. The Morgan fingerprint density at radius 1 is 1.12 bits per heavy atom. The number of halogens is 1. The van der Waals surface area contributed by atoms with E-state index < -0.39 is 0 Å². The summed E-state index contributed by atoms with van der Waals surface area (Å²) >= 11 is 0. The molecule has 2 heterocycles. The van der Waals surface area contributed by atoms with E-state index in [0.29, 0.717) is 31.1 Å². The Hall–Kier alpha value is -2.83. The molecule has 0 spiro atoms. The number of aromatic nitrogens is 1. The van der Waals surface area contributed by atoms with E-state index in [0.717, 1.165) is 48.9 Å². The first-order valence-corrected chi connectivity index (χ1v) is 11.7. The molecule has 2 aromatic carbocycles. The topological polar surface area (TPSA) is 39.7 Å². The van der Waals surface area contributed by atoms with Crippen molar-refractivity contribution in [3.05, 3.63) is 77.7 Å². The minimum atomic E-state index is -0.147. The summed E-state index contributed by atoms with van der Waals surface area (Å²) in [6, 6.07) is 16.8. The molecule has 1 aliphatic rings. The summed E-state index contributed by atoms with van der Waals surface area (Å²) in [5.41, 5.74) is 2.26. The minimum absolute atomic E-state index is 0.0290. The minimum Gasteiger partial charge on any atom is -0.337 e. The van der Waals surface area contributed by atoms with Crippen LogP contribution >= 0.6 is 0 Å². The van der Waals surface area contributed by atoms with Gasteiger partial charge in [0.05, 0.1) is 11.1 Å². The van der Waals surface area contributed by atoms with Crippen LogP contribution in [0.1, 0.15) is 28.8 Å². The Morgan fingerprint density at radius 3 is 2.73 bits per heavy atom. The molecule has 1 amide bonds. The zero-order chi connectivity index (χ0) is 23.2. The molecule has 1 atom stereocenters. The van der Waals surface area contributed by atoms with Crippen LogP contribution in [0.4, 0.5) is 4.39 Å². The van der Waals surface area contributed by atoms with Crippen LogP contribution in [0.25, 0.3) is 10.9 Å². The van der Waals surface area contributed by atoms with Crippen LogP contribution in [0.5, 0.6) is 0 Å². The lowest BCUT2D eigenvalue weighted by molar-refractivity contribution is 0.0660. The van der Waals surface area contributed by atoms with E-state index in [1.54, 1.807) is 12.3 Å². The van der Waals surface area contributed by atoms with Crippen molar-refractivity contribution in [1.82, 2.24) is 19.7 Å². The second kappa shape index (κ2) is 10.9. The number of carbonyl (C=O) groups is 1. The number of piperidine rings is 1. The Morgan fingerprint density at radius 2 is 1.91 bits per heavy atom. The first-order chi connectivity index (χ1) is 16.0. The number of pyridine rings is 1. The molecule has 4 rings (SSSR count). The first-order valence-electron chi connectivity index (χ1n) is 11.7. The smallest absolute Gasteiger partial charge is 0.255 e. The van der Waals surface area contributed by atoms with Crippen molar-refractivity contribution in [3.8, 4) is 0 Å². The fourth-order valence-corrected chi connectivity index (χ4v) is 4.59. The fraction of sp³-hybridized carbons (Fsp3) is 0.407. The van der Waals surface area contributed by atoms with Crippen molar-refractivity contribution in [2.45, 2.75) is 19.4 Å². The molecule has 0 N–H and O–H groups in total. The third kappa shape index (κ3) is 6.15. The number of nitrogens with zero attached hydrogens (tertiary/aromatic N) is 4. The van der Waals surface area contributed by atoms with Crippen molar-refractivity contribution in [1.29, 1.82) is 0 Å². The van der Waals surface area contributed by atoms with Gasteiger partial charge < -0.3 is 9.80 Å². The van der Waals surface area contributed by atoms with Crippen molar-refractivity contribution in [2.75, 3.05) is 46.8 Å². The van der Waals surface area contributed by atoms with E-state index in [1.165, 1.54) is 6.07 Å². The monoisotopic (exact) mass is 448 g/mol. The van der Waals surface area contributed by atoms with Crippen molar-refractivity contribution in [3.63, 3.8) is 0 Å². The lowest BCUT2D eigenvalue weighted by Crippen LogP contribution is -2.44. The van der Waals surface area contributed by atoms with E-state index in [9.17, 15) is 9.18 Å². The van der Waals surface area contributed by atoms with Gasteiger partial charge in [-0.15, -0.1) is 0 Å². The molecule has 3 aromatic rings. The second-order valence-electron chi connectivity index (χ2n) is 9.31. The standard InChI is InChI=1S/C27H33FN4O/c1-30(2)14-15-32(27(33)24-16-22-9-4-6-12-26(22)29-17-24)19-21-8-7-13-31(18-21)20-23-10-3-5-11-25(23)28/h3-6,9-12,16-17,21H,7-8,13-15,18-20H2,1-2H3/t21-/m0/s1. The highest BCUT2D eigenvalue weighted by molar-refractivity contribution is 5.97. The van der Waals surface area contributed by atoms with Gasteiger partial charge in [-0.1, -0.05) is 36.4 Å². The number of carbonyl (C=O) groups excluding carboxylic acids is 1. The largest absolute Gasteiger partial charge is 0.337 e. The molecule has 1 aromatic heterocycles. The molecule has 6 heteroatoms. The number of benzene rings is 2. The van der Waals surface area contributed by atoms with Crippen LogP contribution in [-0.2, 0) is 6.54 Å². The predicted octanol–water partition coefficient (Wildman–Crippen LogP) is 4.29. The van der Waals surface area contributed by atoms with E-state index in [4.69, 9.17) is 0 Å². The van der Waals surface area contributed by atoms with Gasteiger partial charge in [0.25, 0.3) is 5.91 Å². The van der Waals surface area contributed by atoms with Gasteiger partial charge in [0.1, 0.15) is 5.82 Å². The lowest BCUT2D eigenvalue weighted by Gasteiger charge is -2.36. The maximum absolute atomic E-state index is 14.1. The molecule has 0 saturated carbocycles. The van der Waals surface area contributed by atoms with Gasteiger partial charge in [0.2, 0.25) is 0 Å². The van der Waals surface area contributed by atoms with Crippen LogP contribution in [0.2, 0.25) is 0 Å². The van der Waals surface area contributed by atoms with Crippen molar-refractivity contribution >= 4 is 16.8 Å². The zero-order valence-electron chi connectivity index (χ0n) is 19.6. The number of likely N-dealkylation sites (tertiary alicyclic amines) is 1. The normalized spacial score (nSPS) is 16.9. The molecule has 0 bridgehead atoms. The van der Waals surface area contributed by atoms with Gasteiger partial charge in [0, 0.05) is 49.9 Å². The average molecular weight is 449 g/mol. The van der Waals surface area contributed by atoms with Crippen LogP contribution in [0, 0.1) is 11.7 Å². The molecule has 1 aliphatic heterocycles. The van der Waals surface area contributed by atoms with Gasteiger partial charge >= 0.3 is 0 Å². The Labute approximate surface area is 195 Å². The number of likely N-dealkylation sites (N-methyl/N-ethyl adjacent to an activating group) is 1. The molecule has 0 unspecified atom stereocenters. The highest BCUT2D eigenvalue weighted by Gasteiger charge is 2.26. The first kappa shape index (κ1) is 23.3. The van der Waals surface area contributed by atoms with Crippen molar-refractivity contribution in [2.24, 2.45) is 5.92 Å². The fourth-order valence-electron chi connectivity index (χ4n) is 4.59. The molecule has 0 radical (unpaired) electrons. The highest BCUT2D eigenvalue weighted by Crippen LogP contribution is 2.22. The zero-order valence-corrected chi connectivity index (χ0v) is 19.6. The van der Waals surface area contributed by atoms with E-state index in [-0.39, 0.29) is 11.7 Å². The van der Waals surface area contributed by atoms with Gasteiger partial charge in [-0.2, -0.15) is 0 Å². The number of hydrogen-bond donors (Lipinski definition) is 0. The number of fused-ring (bicyclic) bond motifs is 1. The van der Waals surface area contributed by atoms with Gasteiger partial charge in [-0.25, -0.2) is 4.39 Å². The van der Waals surface area contributed by atoms with E-state index >= 15 is 0 Å². The van der Waals surface area contributed by atoms with Crippen molar-refractivity contribution < 1.29 is 9.18 Å². The van der Waals surface area contributed by atoms with Gasteiger partial charge in [-0.05, 0) is 57.6 Å². The molecular formula is C27H33FN4O. The van der Waals surface area contributed by atoms with Crippen LogP contribution < -0.4 is 0 Å². The SMILES string of the molecule is CN(C)CCN(C[C@H]1CCCN(Cc2ccccc2F)C1)C(=O)c1cnc2ccccc2c1. The molecule has 33 heavy (non-hydrogen) atoms. The van der Waals surface area contributed by atoms with Crippen LogP contribution in [-0.4, -0.2) is 72.4 Å². The molecular weight excluding hydrogens is 415 g/mol. The van der Waals surface area contributed by atoms with Gasteiger partial charge in [-0.3, -0.25) is 14.7 Å². The average Bonchev–Trinajstić information content (AvgIpc) is 2.82. The number of rotatable bonds is 8. The molecule has 0 aliphatic carbocycles. The summed E-state index contributed by atoms with van der Waals surface area (Å²) in [7, 11) is 4.05. The summed E-state index contributed by atoms with van der Waals surface area (Å²) in [4.78, 5) is 24.4. The number of amides is 1. The molecule has 174 valence electrons. The van der Waals surface area contributed by atoms with Crippen LogP contribution in [0.3, 0.4) is 0 Å². The predicted molar refractivity (Wildman–Crippen MR) is 131 cm³/mol. The molecule has 1 fully saturated rings. The molecule has 5 nitrogen and oxygen atoms in total. The van der Waals surface area contributed by atoms with Gasteiger partial charge in [0.15, 0.2) is 0 Å². The van der Waals surface area contributed by atoms with E-state index in [2.05, 4.69) is 14.8 Å². The van der Waals surface area contributed by atoms with E-state index in [1.807, 2.05) is 61.5 Å². The summed E-state index contributed by atoms with van der Waals surface area (Å²) < 4.78 is 14.1. The third-order valence-electron chi connectivity index (χ3n) is 6.38. The second-order valence-corrected chi connectivity index (χ2v) is 9.31. The Balaban J connectivity index is 1.46. The number of hydrogen-bond acceptors (Lipinski definition) is 4. The number of para-hydroxylation sites is 1.